The second-order valence-corrected chi connectivity index (χ2v) is 8.10. The third kappa shape index (κ3) is 3.60. The number of hydrogen-bond acceptors (Lipinski definition) is 5. The van der Waals surface area contributed by atoms with Crippen LogP contribution in [0.15, 0.2) is 36.4 Å². The standard InChI is InChI=1S/C18H21N3O4S/c1-25-14-6-7-15(19)16(11-14)20-18(22)13-5-8-17-12(10-13)4-3-9-21(17)26(2,23)24/h5-8,10-11H,3-4,9,19H2,1-2H3,(H,20,22). The third-order valence-electron chi connectivity index (χ3n) is 4.33. The Hall–Kier alpha value is -2.74. The molecule has 0 aliphatic carbocycles. The lowest BCUT2D eigenvalue weighted by Gasteiger charge is -2.29. The lowest BCUT2D eigenvalue weighted by molar-refractivity contribution is 0.102. The Kier molecular flexibility index (Phi) is 4.78. The monoisotopic (exact) mass is 375 g/mol. The first kappa shape index (κ1) is 18.1. The molecule has 1 amide bonds. The number of hydrogen-bond donors (Lipinski definition) is 2. The number of ether oxygens (including phenoxy) is 1. The quantitative estimate of drug-likeness (QED) is 0.798. The molecule has 0 unspecified atom stereocenters. The van der Waals surface area contributed by atoms with Crippen molar-refractivity contribution < 1.29 is 17.9 Å². The predicted molar refractivity (Wildman–Crippen MR) is 102 cm³/mol. The van der Waals surface area contributed by atoms with Crippen molar-refractivity contribution in [3.63, 3.8) is 0 Å². The molecule has 0 saturated heterocycles. The number of benzene rings is 2. The summed E-state index contributed by atoms with van der Waals surface area (Å²) in [6.45, 7) is 0.456. The largest absolute Gasteiger partial charge is 0.497 e. The van der Waals surface area contributed by atoms with Gasteiger partial charge in [-0.05, 0) is 48.7 Å². The van der Waals surface area contributed by atoms with Gasteiger partial charge in [0.25, 0.3) is 5.91 Å². The van der Waals surface area contributed by atoms with E-state index in [2.05, 4.69) is 5.32 Å². The van der Waals surface area contributed by atoms with Crippen molar-refractivity contribution in [1.29, 1.82) is 0 Å². The van der Waals surface area contributed by atoms with Gasteiger partial charge in [-0.3, -0.25) is 9.10 Å². The van der Waals surface area contributed by atoms with Gasteiger partial charge in [0.05, 0.1) is 30.4 Å². The number of sulfonamides is 1. The number of carbonyl (C=O) groups excluding carboxylic acids is 1. The molecular weight excluding hydrogens is 354 g/mol. The molecule has 8 heteroatoms. The molecule has 0 radical (unpaired) electrons. The van der Waals surface area contributed by atoms with Crippen molar-refractivity contribution in [2.24, 2.45) is 0 Å². The lowest BCUT2D eigenvalue weighted by Crippen LogP contribution is -2.34. The minimum atomic E-state index is -3.33. The summed E-state index contributed by atoms with van der Waals surface area (Å²) >= 11 is 0. The van der Waals surface area contributed by atoms with Gasteiger partial charge >= 0.3 is 0 Å². The molecule has 0 atom stereocenters. The topological polar surface area (TPSA) is 102 Å². The summed E-state index contributed by atoms with van der Waals surface area (Å²) in [4.78, 5) is 12.6. The van der Waals surface area contributed by atoms with E-state index in [9.17, 15) is 13.2 Å². The maximum absolute atomic E-state index is 12.6. The Balaban J connectivity index is 1.88. The number of nitrogens with two attached hydrogens (primary N) is 1. The van der Waals surface area contributed by atoms with Gasteiger partial charge in [-0.25, -0.2) is 8.42 Å². The zero-order valence-electron chi connectivity index (χ0n) is 14.7. The minimum Gasteiger partial charge on any atom is -0.497 e. The number of aryl methyl sites for hydroxylation is 1. The molecule has 0 saturated carbocycles. The molecule has 1 aliphatic heterocycles. The number of amides is 1. The number of nitrogens with zero attached hydrogens (tertiary/aromatic N) is 1. The van der Waals surface area contributed by atoms with Gasteiger partial charge in [0.2, 0.25) is 10.0 Å². The van der Waals surface area contributed by atoms with Crippen LogP contribution < -0.4 is 20.1 Å². The van der Waals surface area contributed by atoms with E-state index in [4.69, 9.17) is 10.5 Å². The average molecular weight is 375 g/mol. The minimum absolute atomic E-state index is 0.316. The van der Waals surface area contributed by atoms with E-state index in [0.717, 1.165) is 12.0 Å². The maximum atomic E-state index is 12.6. The van der Waals surface area contributed by atoms with E-state index in [1.165, 1.54) is 17.7 Å². The number of rotatable bonds is 4. The fourth-order valence-electron chi connectivity index (χ4n) is 3.01. The summed E-state index contributed by atoms with van der Waals surface area (Å²) in [6, 6.07) is 10.1. The highest BCUT2D eigenvalue weighted by atomic mass is 32.2. The van der Waals surface area contributed by atoms with Crippen LogP contribution in [0.5, 0.6) is 5.75 Å². The Morgan fingerprint density at radius 1 is 1.23 bits per heavy atom. The van der Waals surface area contributed by atoms with Crippen LogP contribution in [0.25, 0.3) is 0 Å². The fraction of sp³-hybridized carbons (Fsp3) is 0.278. The molecule has 0 aromatic heterocycles. The Bertz CT molecular complexity index is 957. The van der Waals surface area contributed by atoms with E-state index in [0.29, 0.717) is 41.3 Å². The van der Waals surface area contributed by atoms with Gasteiger partial charge in [-0.1, -0.05) is 0 Å². The third-order valence-corrected chi connectivity index (χ3v) is 5.51. The van der Waals surface area contributed by atoms with E-state index >= 15 is 0 Å². The Labute approximate surface area is 152 Å². The van der Waals surface area contributed by atoms with Gasteiger partial charge < -0.3 is 15.8 Å². The Morgan fingerprint density at radius 3 is 2.69 bits per heavy atom. The van der Waals surface area contributed by atoms with Gasteiger partial charge in [-0.15, -0.1) is 0 Å². The summed E-state index contributed by atoms with van der Waals surface area (Å²) in [5, 5.41) is 2.77. The molecule has 0 spiro atoms. The molecule has 7 nitrogen and oxygen atoms in total. The highest BCUT2D eigenvalue weighted by molar-refractivity contribution is 7.92. The Morgan fingerprint density at radius 2 is 2.00 bits per heavy atom. The van der Waals surface area contributed by atoms with Crippen molar-refractivity contribution in [2.45, 2.75) is 12.8 Å². The molecule has 138 valence electrons. The number of anilines is 3. The lowest BCUT2D eigenvalue weighted by atomic mass is 10.0. The van der Waals surface area contributed by atoms with Crippen LogP contribution in [0.2, 0.25) is 0 Å². The van der Waals surface area contributed by atoms with Crippen LogP contribution in [0.3, 0.4) is 0 Å². The molecule has 1 heterocycles. The molecule has 0 fully saturated rings. The first-order chi connectivity index (χ1) is 12.3. The molecule has 3 rings (SSSR count). The van der Waals surface area contributed by atoms with Crippen molar-refractivity contribution in [3.05, 3.63) is 47.5 Å². The van der Waals surface area contributed by atoms with Crippen molar-refractivity contribution in [2.75, 3.05) is 35.3 Å². The first-order valence-corrected chi connectivity index (χ1v) is 10.00. The second-order valence-electron chi connectivity index (χ2n) is 6.19. The highest BCUT2D eigenvalue weighted by Crippen LogP contribution is 2.30. The number of methoxy groups -OCH3 is 1. The summed E-state index contributed by atoms with van der Waals surface area (Å²) in [5.41, 5.74) is 8.72. The maximum Gasteiger partial charge on any atom is 0.255 e. The molecule has 2 aromatic carbocycles. The predicted octanol–water partition coefficient (Wildman–Crippen LogP) is 2.24. The molecule has 1 aliphatic rings. The number of fused-ring (bicyclic) bond motifs is 1. The number of nitrogens with one attached hydrogen (secondary N) is 1. The van der Waals surface area contributed by atoms with Gasteiger partial charge in [0.1, 0.15) is 5.75 Å². The summed E-state index contributed by atoms with van der Waals surface area (Å²) in [5.74, 6) is 0.271. The summed E-state index contributed by atoms with van der Waals surface area (Å²) in [6.07, 6.45) is 2.63. The molecule has 2 aromatic rings. The zero-order chi connectivity index (χ0) is 18.9. The van der Waals surface area contributed by atoms with Crippen LogP contribution >= 0.6 is 0 Å². The van der Waals surface area contributed by atoms with Gasteiger partial charge in [-0.2, -0.15) is 0 Å². The van der Waals surface area contributed by atoms with E-state index in [1.54, 1.807) is 36.4 Å². The van der Waals surface area contributed by atoms with Crippen LogP contribution in [-0.2, 0) is 16.4 Å². The van der Waals surface area contributed by atoms with Crippen LogP contribution in [0, 0.1) is 0 Å². The molecule has 0 bridgehead atoms. The SMILES string of the molecule is COc1ccc(N)c(NC(=O)c2ccc3c(c2)CCCN3S(C)(=O)=O)c1. The summed E-state index contributed by atoms with van der Waals surface area (Å²) < 4.78 is 30.4. The van der Waals surface area contributed by atoms with Crippen LogP contribution in [-0.4, -0.2) is 34.2 Å². The van der Waals surface area contributed by atoms with E-state index < -0.39 is 10.0 Å². The molecule has 3 N–H and O–H groups in total. The van der Waals surface area contributed by atoms with Gasteiger partial charge in [0.15, 0.2) is 0 Å². The molecular formula is C18H21N3O4S. The van der Waals surface area contributed by atoms with Gasteiger partial charge in [0, 0.05) is 18.2 Å². The fourth-order valence-corrected chi connectivity index (χ4v) is 4.01. The van der Waals surface area contributed by atoms with Crippen molar-refractivity contribution >= 4 is 33.0 Å². The first-order valence-electron chi connectivity index (χ1n) is 8.15. The number of carbonyl (C=O) groups is 1. The zero-order valence-corrected chi connectivity index (χ0v) is 15.5. The highest BCUT2D eigenvalue weighted by Gasteiger charge is 2.24. The molecule has 26 heavy (non-hydrogen) atoms. The van der Waals surface area contributed by atoms with Crippen molar-refractivity contribution in [1.82, 2.24) is 0 Å². The second kappa shape index (κ2) is 6.87. The average Bonchev–Trinajstić information content (AvgIpc) is 2.61. The van der Waals surface area contributed by atoms with Crippen molar-refractivity contribution in [3.8, 4) is 5.75 Å². The van der Waals surface area contributed by atoms with Crippen LogP contribution in [0.1, 0.15) is 22.3 Å². The normalized spacial score (nSPS) is 13.8. The van der Waals surface area contributed by atoms with E-state index in [1.807, 2.05) is 0 Å². The number of nitrogen functional groups attached to an aromatic ring is 1. The van der Waals surface area contributed by atoms with Crippen LogP contribution in [0.4, 0.5) is 17.1 Å². The summed E-state index contributed by atoms with van der Waals surface area (Å²) in [7, 11) is -1.80. The smallest absolute Gasteiger partial charge is 0.255 e. The van der Waals surface area contributed by atoms with E-state index in [-0.39, 0.29) is 5.91 Å².